The third-order valence-electron chi connectivity index (χ3n) is 6.65. The van der Waals surface area contributed by atoms with Gasteiger partial charge in [-0.15, -0.1) is 0 Å². The third-order valence-corrected chi connectivity index (χ3v) is 6.65. The number of rotatable bonds is 10. The van der Waals surface area contributed by atoms with Gasteiger partial charge in [-0.25, -0.2) is 0 Å². The minimum absolute atomic E-state index is 0. The first-order valence-corrected chi connectivity index (χ1v) is 14.6. The van der Waals surface area contributed by atoms with Gasteiger partial charge in [0.15, 0.2) is 0 Å². The summed E-state index contributed by atoms with van der Waals surface area (Å²) in [7, 11) is 0. The number of aliphatic imine (C=N–C) groups is 2. The fourth-order valence-electron chi connectivity index (χ4n) is 4.80. The molecule has 1 aliphatic rings. The van der Waals surface area contributed by atoms with Crippen molar-refractivity contribution in [2.45, 2.75) is 111 Å². The van der Waals surface area contributed by atoms with E-state index in [4.69, 9.17) is 29.8 Å². The van der Waals surface area contributed by atoms with Crippen LogP contribution >= 0.6 is 0 Å². The number of nitrogens with zero attached hydrogens (tertiary/aromatic N) is 2. The standard InChI is InChI=1S/C29H40N2O2.2C2H4O2.Co/c1-5-10-20-14-22(7-3)28(32)24(16-20)18-30-26-12-9-13-27(26)31-19-25-17-21(11-6-2)15-23(8-4)29(25)33;2*1-2(3)4;/h14-19,26-27,32-33H,5-13H2,1-4H3;2*1H3,(H,3,4);/q;;;+2/p-2. The van der Waals surface area contributed by atoms with Crippen molar-refractivity contribution in [3.05, 3.63) is 57.6 Å². The summed E-state index contributed by atoms with van der Waals surface area (Å²) in [4.78, 5) is 27.5. The summed E-state index contributed by atoms with van der Waals surface area (Å²) in [5.74, 6) is -1.46. The van der Waals surface area contributed by atoms with Crippen LogP contribution in [0.5, 0.6) is 11.5 Å². The van der Waals surface area contributed by atoms with Gasteiger partial charge in [0, 0.05) is 35.5 Å². The molecular formula is C33H46CoN2O6. The molecule has 0 saturated heterocycles. The molecule has 0 heterocycles. The van der Waals surface area contributed by atoms with Crippen LogP contribution in [-0.4, -0.2) is 46.7 Å². The number of phenolic OH excluding ortho intramolecular Hbond substituents is 2. The van der Waals surface area contributed by atoms with Crippen LogP contribution in [-0.2, 0) is 52.1 Å². The van der Waals surface area contributed by atoms with E-state index in [2.05, 4.69) is 52.0 Å². The van der Waals surface area contributed by atoms with E-state index >= 15 is 0 Å². The molecule has 1 aliphatic carbocycles. The van der Waals surface area contributed by atoms with E-state index in [9.17, 15) is 10.2 Å². The average molecular weight is 626 g/mol. The molecule has 42 heavy (non-hydrogen) atoms. The summed E-state index contributed by atoms with van der Waals surface area (Å²) < 4.78 is 0. The van der Waals surface area contributed by atoms with Crippen LogP contribution < -0.4 is 10.2 Å². The molecule has 1 saturated carbocycles. The zero-order valence-corrected chi connectivity index (χ0v) is 26.8. The number of benzene rings is 2. The molecule has 0 amide bonds. The van der Waals surface area contributed by atoms with Gasteiger partial charge in [0.2, 0.25) is 0 Å². The van der Waals surface area contributed by atoms with Gasteiger partial charge in [0.05, 0.1) is 12.1 Å². The number of hydrogen-bond donors (Lipinski definition) is 2. The number of phenols is 2. The zero-order chi connectivity index (χ0) is 30.9. The molecule has 2 unspecified atom stereocenters. The molecule has 1 fully saturated rings. The Kier molecular flexibility index (Phi) is 19.1. The summed E-state index contributed by atoms with van der Waals surface area (Å²) in [5, 5.41) is 39.1. The van der Waals surface area contributed by atoms with Gasteiger partial charge in [0.25, 0.3) is 0 Å². The Morgan fingerprint density at radius 1 is 0.762 bits per heavy atom. The van der Waals surface area contributed by atoms with Crippen molar-refractivity contribution < 1.29 is 46.8 Å². The largest absolute Gasteiger partial charge is 2.00 e. The van der Waals surface area contributed by atoms with Crippen molar-refractivity contribution in [3.8, 4) is 11.5 Å². The minimum Gasteiger partial charge on any atom is -0.550 e. The number of hydrogen-bond acceptors (Lipinski definition) is 8. The zero-order valence-electron chi connectivity index (χ0n) is 25.7. The topological polar surface area (TPSA) is 145 Å². The van der Waals surface area contributed by atoms with E-state index in [1.807, 2.05) is 12.4 Å². The molecule has 1 radical (unpaired) electrons. The number of aromatic hydroxyl groups is 2. The predicted octanol–water partition coefficient (Wildman–Crippen LogP) is 4.10. The molecule has 0 aliphatic heterocycles. The Hall–Kier alpha value is -3.17. The minimum atomic E-state index is -1.08. The van der Waals surface area contributed by atoms with E-state index in [0.717, 1.165) is 93.9 Å². The van der Waals surface area contributed by atoms with Gasteiger partial charge in [-0.3, -0.25) is 9.98 Å². The summed E-state index contributed by atoms with van der Waals surface area (Å²) >= 11 is 0. The quantitative estimate of drug-likeness (QED) is 0.381. The van der Waals surface area contributed by atoms with Crippen LogP contribution in [0.2, 0.25) is 0 Å². The van der Waals surface area contributed by atoms with Gasteiger partial charge in [-0.2, -0.15) is 0 Å². The molecule has 2 atom stereocenters. The van der Waals surface area contributed by atoms with Crippen LogP contribution in [0.25, 0.3) is 0 Å². The molecule has 2 N–H and O–H groups in total. The average Bonchev–Trinajstić information content (AvgIpc) is 3.35. The first-order chi connectivity index (χ1) is 19.5. The predicted molar refractivity (Wildman–Crippen MR) is 161 cm³/mol. The number of carbonyl (C=O) groups excluding carboxylic acids is 2. The molecule has 2 aromatic carbocycles. The number of aliphatic carboxylic acids is 2. The van der Waals surface area contributed by atoms with Crippen molar-refractivity contribution in [1.82, 2.24) is 0 Å². The molecule has 8 nitrogen and oxygen atoms in total. The van der Waals surface area contributed by atoms with Gasteiger partial charge in [-0.1, -0.05) is 52.7 Å². The second-order valence-corrected chi connectivity index (χ2v) is 10.2. The molecule has 0 spiro atoms. The summed E-state index contributed by atoms with van der Waals surface area (Å²) in [6.07, 6.45) is 12.6. The Morgan fingerprint density at radius 2 is 1.10 bits per heavy atom. The normalized spacial score (nSPS) is 15.9. The SMILES string of the molecule is CC(=O)[O-].CC(=O)[O-].CCCc1cc(C=NC2CCCC2N=Cc2cc(CCC)cc(CC)c2O)c(O)c(CC)c1.[Co+2]. The second kappa shape index (κ2) is 20.7. The van der Waals surface area contributed by atoms with Gasteiger partial charge < -0.3 is 30.0 Å². The molecule has 0 bridgehead atoms. The van der Waals surface area contributed by atoms with Crippen molar-refractivity contribution in [3.63, 3.8) is 0 Å². The first-order valence-electron chi connectivity index (χ1n) is 14.6. The third kappa shape index (κ3) is 13.7. The van der Waals surface area contributed by atoms with E-state index < -0.39 is 11.9 Å². The van der Waals surface area contributed by atoms with Crippen molar-refractivity contribution in [2.75, 3.05) is 0 Å². The smallest absolute Gasteiger partial charge is 0.550 e. The molecule has 9 heteroatoms. The van der Waals surface area contributed by atoms with E-state index in [-0.39, 0.29) is 28.9 Å². The van der Waals surface area contributed by atoms with Gasteiger partial charge in [0.1, 0.15) is 11.5 Å². The van der Waals surface area contributed by atoms with E-state index in [1.165, 1.54) is 11.1 Å². The van der Waals surface area contributed by atoms with E-state index in [0.29, 0.717) is 11.5 Å². The Balaban J connectivity index is 0.00000166. The fourth-order valence-corrected chi connectivity index (χ4v) is 4.80. The van der Waals surface area contributed by atoms with Crippen LogP contribution in [0.3, 0.4) is 0 Å². The monoisotopic (exact) mass is 625 g/mol. The van der Waals surface area contributed by atoms with Crippen molar-refractivity contribution in [1.29, 1.82) is 0 Å². The molecule has 233 valence electrons. The number of carbonyl (C=O) groups is 2. The molecule has 2 aromatic rings. The van der Waals surface area contributed by atoms with Crippen LogP contribution in [0.4, 0.5) is 0 Å². The van der Waals surface area contributed by atoms with Gasteiger partial charge in [-0.05, 0) is 93.2 Å². The number of carboxylic acids is 2. The number of carboxylic acid groups (broad SMARTS) is 2. The van der Waals surface area contributed by atoms with E-state index in [1.54, 1.807) is 0 Å². The number of aryl methyl sites for hydroxylation is 4. The second-order valence-electron chi connectivity index (χ2n) is 10.2. The summed E-state index contributed by atoms with van der Waals surface area (Å²) in [6, 6.07) is 8.57. The summed E-state index contributed by atoms with van der Waals surface area (Å²) in [5.41, 5.74) is 6.09. The first kappa shape index (κ1) is 38.8. The Labute approximate surface area is 261 Å². The van der Waals surface area contributed by atoms with Crippen LogP contribution in [0, 0.1) is 0 Å². The fraction of sp³-hybridized carbons (Fsp3) is 0.515. The Bertz CT molecular complexity index is 1100. The maximum atomic E-state index is 10.7. The van der Waals surface area contributed by atoms with Gasteiger partial charge >= 0.3 is 16.8 Å². The van der Waals surface area contributed by atoms with Crippen LogP contribution in [0.1, 0.15) is 107 Å². The molecular weight excluding hydrogens is 579 g/mol. The summed E-state index contributed by atoms with van der Waals surface area (Å²) in [6.45, 7) is 10.4. The molecule has 0 aromatic heterocycles. The Morgan fingerprint density at radius 3 is 1.38 bits per heavy atom. The maximum Gasteiger partial charge on any atom is 2.00 e. The maximum absolute atomic E-state index is 10.7. The van der Waals surface area contributed by atoms with Crippen molar-refractivity contribution in [2.24, 2.45) is 9.98 Å². The van der Waals surface area contributed by atoms with Crippen LogP contribution in [0.15, 0.2) is 34.3 Å². The molecule has 3 rings (SSSR count). The van der Waals surface area contributed by atoms with Crippen molar-refractivity contribution >= 4 is 24.4 Å².